The van der Waals surface area contributed by atoms with Gasteiger partial charge in [0.2, 0.25) is 5.91 Å². The van der Waals surface area contributed by atoms with E-state index in [1.54, 1.807) is 4.90 Å². The van der Waals surface area contributed by atoms with Crippen LogP contribution in [0.2, 0.25) is 0 Å². The number of hydrogen-bond donors (Lipinski definition) is 3. The highest BCUT2D eigenvalue weighted by Gasteiger charge is 2.25. The van der Waals surface area contributed by atoms with E-state index in [9.17, 15) is 9.59 Å². The third kappa shape index (κ3) is 6.55. The van der Waals surface area contributed by atoms with E-state index in [2.05, 4.69) is 10.4 Å². The normalized spacial score (nSPS) is 11.8. The molecule has 5 N–H and O–H groups in total. The number of nitrogens with two attached hydrogens (primary N) is 2. The van der Waals surface area contributed by atoms with Gasteiger partial charge >= 0.3 is 6.03 Å². The highest BCUT2D eigenvalue weighted by atomic mass is 35.5. The molecule has 0 saturated heterocycles. The molecule has 8 nitrogen and oxygen atoms in total. The quantitative estimate of drug-likeness (QED) is 0.587. The molecule has 3 amide bonds. The van der Waals surface area contributed by atoms with Gasteiger partial charge in [-0.3, -0.25) is 9.48 Å². The van der Waals surface area contributed by atoms with Crippen molar-refractivity contribution in [2.75, 3.05) is 6.54 Å². The number of aromatic nitrogens is 2. The van der Waals surface area contributed by atoms with Gasteiger partial charge in [0.05, 0.1) is 11.7 Å². The molecule has 0 fully saturated rings. The lowest BCUT2D eigenvalue weighted by atomic mass is 10.1. The van der Waals surface area contributed by atoms with Crippen LogP contribution < -0.4 is 16.8 Å². The summed E-state index contributed by atoms with van der Waals surface area (Å²) >= 11 is 0. The molecule has 1 aromatic rings. The summed E-state index contributed by atoms with van der Waals surface area (Å²) in [7, 11) is 1.89. The number of urea groups is 1. The van der Waals surface area contributed by atoms with E-state index in [1.807, 2.05) is 39.4 Å². The minimum Gasteiger partial charge on any atom is -0.352 e. The fraction of sp³-hybridized carbons (Fsp3) is 0.688. The number of nitrogens with one attached hydrogen (secondary N) is 1. The Hall–Kier alpha value is -1.80. The summed E-state index contributed by atoms with van der Waals surface area (Å²) in [6, 6.07) is -1.13. The summed E-state index contributed by atoms with van der Waals surface area (Å²) in [6.07, 6.45) is 1.10. The number of amides is 3. The van der Waals surface area contributed by atoms with Crippen molar-refractivity contribution in [2.45, 2.75) is 59.2 Å². The third-order valence-corrected chi connectivity index (χ3v) is 4.20. The standard InChI is InChI=1S/C16H30N6O2.ClH/c1-10(2)22(9-13-11(3)20-21(5)12(13)4)15(23)14(17)7-6-8-19-16(18)24;/h10,14H,6-9,17H2,1-5H3,(H3,18,19,24);1H/t14-;/m0./s1. The maximum Gasteiger partial charge on any atom is 0.312 e. The molecule has 1 atom stereocenters. The number of rotatable bonds is 8. The average molecular weight is 375 g/mol. The molecule has 0 aliphatic rings. The number of carbonyl (C=O) groups excluding carboxylic acids is 2. The van der Waals surface area contributed by atoms with Gasteiger partial charge in [0.25, 0.3) is 0 Å². The summed E-state index contributed by atoms with van der Waals surface area (Å²) in [5, 5.41) is 6.90. The van der Waals surface area contributed by atoms with Crippen molar-refractivity contribution in [1.82, 2.24) is 20.0 Å². The molecule has 1 heterocycles. The van der Waals surface area contributed by atoms with Crippen LogP contribution in [0.1, 0.15) is 43.6 Å². The van der Waals surface area contributed by atoms with E-state index < -0.39 is 12.1 Å². The fourth-order valence-electron chi connectivity index (χ4n) is 2.60. The number of hydrogen-bond acceptors (Lipinski definition) is 4. The molecule has 0 radical (unpaired) electrons. The highest BCUT2D eigenvalue weighted by molar-refractivity contribution is 5.85. The lowest BCUT2D eigenvalue weighted by Gasteiger charge is -2.29. The van der Waals surface area contributed by atoms with Crippen LogP contribution in [0.3, 0.4) is 0 Å². The minimum absolute atomic E-state index is 0. The maximum atomic E-state index is 12.7. The van der Waals surface area contributed by atoms with Gasteiger partial charge in [-0.2, -0.15) is 5.10 Å². The molecule has 1 aromatic heterocycles. The second-order valence-electron chi connectivity index (χ2n) is 6.37. The molecule has 1 rings (SSSR count). The van der Waals surface area contributed by atoms with Crippen molar-refractivity contribution in [2.24, 2.45) is 18.5 Å². The maximum absolute atomic E-state index is 12.7. The van der Waals surface area contributed by atoms with Gasteiger partial charge in [0.15, 0.2) is 0 Å². The zero-order valence-electron chi connectivity index (χ0n) is 15.7. The van der Waals surface area contributed by atoms with Crippen molar-refractivity contribution in [1.29, 1.82) is 0 Å². The van der Waals surface area contributed by atoms with Gasteiger partial charge < -0.3 is 21.7 Å². The van der Waals surface area contributed by atoms with Gasteiger partial charge in [-0.1, -0.05) is 0 Å². The zero-order valence-corrected chi connectivity index (χ0v) is 16.5. The summed E-state index contributed by atoms with van der Waals surface area (Å²) in [5.74, 6) is -0.0910. The second-order valence-corrected chi connectivity index (χ2v) is 6.37. The lowest BCUT2D eigenvalue weighted by Crippen LogP contribution is -2.47. The Bertz CT molecular complexity index is 587. The number of carbonyl (C=O) groups is 2. The number of halogens is 1. The van der Waals surface area contributed by atoms with Gasteiger partial charge in [0, 0.05) is 37.4 Å². The summed E-state index contributed by atoms with van der Waals surface area (Å²) in [6.45, 7) is 8.79. The number of nitrogens with zero attached hydrogens (tertiary/aromatic N) is 3. The summed E-state index contributed by atoms with van der Waals surface area (Å²) in [4.78, 5) is 25.1. The van der Waals surface area contributed by atoms with Gasteiger partial charge in [-0.05, 0) is 40.5 Å². The Balaban J connectivity index is 0.00000576. The number of aryl methyl sites for hydroxylation is 2. The molecular weight excluding hydrogens is 344 g/mol. The van der Waals surface area contributed by atoms with Crippen LogP contribution in [0.15, 0.2) is 0 Å². The molecule has 9 heteroatoms. The van der Waals surface area contributed by atoms with Crippen molar-refractivity contribution in [3.05, 3.63) is 17.0 Å². The average Bonchev–Trinajstić information content (AvgIpc) is 2.73. The smallest absolute Gasteiger partial charge is 0.312 e. The topological polar surface area (TPSA) is 119 Å². The monoisotopic (exact) mass is 374 g/mol. The second kappa shape index (κ2) is 10.2. The lowest BCUT2D eigenvalue weighted by molar-refractivity contribution is -0.135. The Kier molecular flexibility index (Phi) is 9.51. The number of primary amides is 1. The van der Waals surface area contributed by atoms with Gasteiger partial charge in [0.1, 0.15) is 0 Å². The molecule has 0 aromatic carbocycles. The molecule has 144 valence electrons. The van der Waals surface area contributed by atoms with Gasteiger partial charge in [-0.25, -0.2) is 4.79 Å². The molecule has 0 spiro atoms. The minimum atomic E-state index is -0.598. The Labute approximate surface area is 155 Å². The summed E-state index contributed by atoms with van der Waals surface area (Å²) in [5.41, 5.74) is 14.1. The SMILES string of the molecule is Cc1nn(C)c(C)c1CN(C(=O)[C@@H](N)CCCNC(N)=O)C(C)C.Cl. The Morgan fingerprint density at radius 2 is 1.92 bits per heavy atom. The Morgan fingerprint density at radius 3 is 2.36 bits per heavy atom. The predicted octanol–water partition coefficient (Wildman–Crippen LogP) is 0.972. The van der Waals surface area contributed by atoms with E-state index >= 15 is 0 Å². The molecule has 0 saturated carbocycles. The Morgan fingerprint density at radius 1 is 1.32 bits per heavy atom. The molecule has 0 bridgehead atoms. The molecule has 0 aliphatic heterocycles. The van der Waals surface area contributed by atoms with Crippen molar-refractivity contribution in [3.63, 3.8) is 0 Å². The first-order chi connectivity index (χ1) is 11.1. The van der Waals surface area contributed by atoms with Crippen LogP contribution >= 0.6 is 12.4 Å². The predicted molar refractivity (Wildman–Crippen MR) is 100 cm³/mol. The largest absolute Gasteiger partial charge is 0.352 e. The van der Waals surface area contributed by atoms with Gasteiger partial charge in [-0.15, -0.1) is 12.4 Å². The molecule has 0 unspecified atom stereocenters. The van der Waals surface area contributed by atoms with E-state index in [0.29, 0.717) is 25.9 Å². The molecular formula is C16H31ClN6O2. The van der Waals surface area contributed by atoms with E-state index in [-0.39, 0.29) is 24.4 Å². The fourth-order valence-corrected chi connectivity index (χ4v) is 2.60. The zero-order chi connectivity index (χ0) is 18.4. The first-order valence-corrected chi connectivity index (χ1v) is 8.23. The van der Waals surface area contributed by atoms with E-state index in [4.69, 9.17) is 11.5 Å². The van der Waals surface area contributed by atoms with Crippen LogP contribution in [0.4, 0.5) is 4.79 Å². The molecule has 25 heavy (non-hydrogen) atoms. The molecule has 0 aliphatic carbocycles. The van der Waals surface area contributed by atoms with Crippen molar-refractivity contribution < 1.29 is 9.59 Å². The first kappa shape index (κ1) is 23.2. The van der Waals surface area contributed by atoms with Crippen LogP contribution in [0.5, 0.6) is 0 Å². The van der Waals surface area contributed by atoms with Crippen LogP contribution in [-0.4, -0.2) is 45.2 Å². The van der Waals surface area contributed by atoms with Crippen LogP contribution in [0, 0.1) is 13.8 Å². The first-order valence-electron chi connectivity index (χ1n) is 8.23. The van der Waals surface area contributed by atoms with E-state index in [0.717, 1.165) is 17.0 Å². The van der Waals surface area contributed by atoms with Crippen LogP contribution in [-0.2, 0) is 18.4 Å². The van der Waals surface area contributed by atoms with Crippen LogP contribution in [0.25, 0.3) is 0 Å². The van der Waals surface area contributed by atoms with Crippen molar-refractivity contribution >= 4 is 24.3 Å². The van der Waals surface area contributed by atoms with E-state index in [1.165, 1.54) is 0 Å². The van der Waals surface area contributed by atoms with Crippen molar-refractivity contribution in [3.8, 4) is 0 Å². The third-order valence-electron chi connectivity index (χ3n) is 4.20. The highest BCUT2D eigenvalue weighted by Crippen LogP contribution is 2.17. The summed E-state index contributed by atoms with van der Waals surface area (Å²) < 4.78 is 1.82.